The van der Waals surface area contributed by atoms with E-state index in [1.54, 1.807) is 24.3 Å². The first-order chi connectivity index (χ1) is 8.61. The number of likely N-dealkylation sites (tertiary alicyclic amines) is 1. The molecule has 1 heterocycles. The van der Waals surface area contributed by atoms with Crippen molar-refractivity contribution in [2.75, 3.05) is 0 Å². The van der Waals surface area contributed by atoms with Gasteiger partial charge in [-0.25, -0.2) is 4.79 Å². The van der Waals surface area contributed by atoms with Gasteiger partial charge in [-0.1, -0.05) is 12.1 Å². The van der Waals surface area contributed by atoms with E-state index in [0.29, 0.717) is 12.0 Å². The van der Waals surface area contributed by atoms with Crippen LogP contribution in [0.3, 0.4) is 0 Å². The van der Waals surface area contributed by atoms with Gasteiger partial charge in [-0.3, -0.25) is 4.79 Å². The maximum Gasteiger partial charge on any atom is 0.326 e. The Morgan fingerprint density at radius 3 is 2.67 bits per heavy atom. The van der Waals surface area contributed by atoms with Gasteiger partial charge in [0.2, 0.25) is 5.91 Å². The summed E-state index contributed by atoms with van der Waals surface area (Å²) in [4.78, 5) is 24.0. The molecular weight excluding hydrogens is 232 g/mol. The second-order valence-corrected chi connectivity index (χ2v) is 4.22. The highest BCUT2D eigenvalue weighted by Gasteiger charge is 2.35. The predicted molar refractivity (Wildman–Crippen MR) is 62.4 cm³/mol. The van der Waals surface area contributed by atoms with Gasteiger partial charge in [0.15, 0.2) is 0 Å². The Labute approximate surface area is 104 Å². The number of carboxylic acids is 1. The standard InChI is InChI=1S/C13H12N2O3/c14-7-9-1-3-10(4-2-9)8-15-11(13(17)18)5-6-12(15)16/h1-4,11H,5-6,8H2,(H,17,18)/t11-/m1/s1. The third kappa shape index (κ3) is 2.33. The van der Waals surface area contributed by atoms with Crippen LogP contribution in [0.4, 0.5) is 0 Å². The molecule has 1 aliphatic rings. The highest BCUT2D eigenvalue weighted by molar-refractivity contribution is 5.87. The van der Waals surface area contributed by atoms with Gasteiger partial charge >= 0.3 is 5.97 Å². The highest BCUT2D eigenvalue weighted by atomic mass is 16.4. The van der Waals surface area contributed by atoms with Crippen molar-refractivity contribution in [3.05, 3.63) is 35.4 Å². The minimum absolute atomic E-state index is 0.133. The molecular formula is C13H12N2O3. The van der Waals surface area contributed by atoms with Crippen LogP contribution in [0.2, 0.25) is 0 Å². The number of nitrogens with zero attached hydrogens (tertiary/aromatic N) is 2. The number of carbonyl (C=O) groups is 2. The molecule has 1 N–H and O–H groups in total. The zero-order valence-corrected chi connectivity index (χ0v) is 9.67. The summed E-state index contributed by atoms with van der Waals surface area (Å²) in [5.41, 5.74) is 1.37. The van der Waals surface area contributed by atoms with Crippen LogP contribution in [0.1, 0.15) is 24.0 Å². The summed E-state index contributed by atoms with van der Waals surface area (Å²) < 4.78 is 0. The van der Waals surface area contributed by atoms with Crippen molar-refractivity contribution in [3.63, 3.8) is 0 Å². The Kier molecular flexibility index (Phi) is 3.28. The van der Waals surface area contributed by atoms with E-state index < -0.39 is 12.0 Å². The fraction of sp³-hybridized carbons (Fsp3) is 0.308. The predicted octanol–water partition coefficient (Wildman–Crippen LogP) is 1.13. The molecule has 1 atom stereocenters. The highest BCUT2D eigenvalue weighted by Crippen LogP contribution is 2.21. The molecule has 1 aromatic rings. The molecule has 0 saturated carbocycles. The minimum atomic E-state index is -0.963. The number of aliphatic carboxylic acids is 1. The number of nitriles is 1. The molecule has 92 valence electrons. The smallest absolute Gasteiger partial charge is 0.326 e. The second-order valence-electron chi connectivity index (χ2n) is 4.22. The first kappa shape index (κ1) is 12.1. The molecule has 0 spiro atoms. The lowest BCUT2D eigenvalue weighted by Crippen LogP contribution is -2.37. The van der Waals surface area contributed by atoms with Crippen molar-refractivity contribution in [3.8, 4) is 6.07 Å². The van der Waals surface area contributed by atoms with Crippen molar-refractivity contribution in [2.24, 2.45) is 0 Å². The molecule has 0 aliphatic carbocycles. The lowest BCUT2D eigenvalue weighted by molar-refractivity contribution is -0.146. The van der Waals surface area contributed by atoms with Crippen LogP contribution in [0, 0.1) is 11.3 Å². The zero-order chi connectivity index (χ0) is 13.1. The number of rotatable bonds is 3. The molecule has 0 radical (unpaired) electrons. The lowest BCUT2D eigenvalue weighted by atomic mass is 10.1. The van der Waals surface area contributed by atoms with E-state index in [1.807, 2.05) is 6.07 Å². The van der Waals surface area contributed by atoms with Crippen molar-refractivity contribution in [1.82, 2.24) is 4.90 Å². The molecule has 5 nitrogen and oxygen atoms in total. The Morgan fingerprint density at radius 2 is 2.11 bits per heavy atom. The normalized spacial score (nSPS) is 18.7. The number of carbonyl (C=O) groups excluding carboxylic acids is 1. The Hall–Kier alpha value is -2.35. The maximum atomic E-state index is 11.6. The van der Waals surface area contributed by atoms with Gasteiger partial charge in [-0.15, -0.1) is 0 Å². The summed E-state index contributed by atoms with van der Waals surface area (Å²) in [5, 5.41) is 17.7. The van der Waals surface area contributed by atoms with E-state index in [-0.39, 0.29) is 18.9 Å². The van der Waals surface area contributed by atoms with Crippen LogP contribution in [0.25, 0.3) is 0 Å². The summed E-state index contributed by atoms with van der Waals surface area (Å²) in [6.45, 7) is 0.279. The van der Waals surface area contributed by atoms with Crippen molar-refractivity contribution >= 4 is 11.9 Å². The van der Waals surface area contributed by atoms with Gasteiger partial charge in [0.05, 0.1) is 11.6 Å². The maximum absolute atomic E-state index is 11.6. The van der Waals surface area contributed by atoms with Crippen LogP contribution in [-0.2, 0) is 16.1 Å². The van der Waals surface area contributed by atoms with Crippen molar-refractivity contribution < 1.29 is 14.7 Å². The molecule has 0 aromatic heterocycles. The SMILES string of the molecule is N#Cc1ccc(CN2C(=O)CC[C@@H]2C(=O)O)cc1. The van der Waals surface area contributed by atoms with Crippen LogP contribution in [-0.4, -0.2) is 27.9 Å². The second kappa shape index (κ2) is 4.88. The minimum Gasteiger partial charge on any atom is -0.480 e. The molecule has 0 bridgehead atoms. The molecule has 1 aromatic carbocycles. The van der Waals surface area contributed by atoms with E-state index in [2.05, 4.69) is 0 Å². The zero-order valence-electron chi connectivity index (χ0n) is 9.67. The van der Waals surface area contributed by atoms with Gasteiger partial charge < -0.3 is 10.0 Å². The number of hydrogen-bond acceptors (Lipinski definition) is 3. The van der Waals surface area contributed by atoms with Crippen LogP contribution >= 0.6 is 0 Å². The summed E-state index contributed by atoms with van der Waals surface area (Å²) in [6.07, 6.45) is 0.650. The molecule has 1 fully saturated rings. The molecule has 1 saturated heterocycles. The summed E-state index contributed by atoms with van der Waals surface area (Å²) in [7, 11) is 0. The molecule has 18 heavy (non-hydrogen) atoms. The number of benzene rings is 1. The van der Waals surface area contributed by atoms with E-state index in [1.165, 1.54) is 4.90 Å². The van der Waals surface area contributed by atoms with Gasteiger partial charge in [0.1, 0.15) is 6.04 Å². The third-order valence-electron chi connectivity index (χ3n) is 3.05. The Morgan fingerprint density at radius 1 is 1.44 bits per heavy atom. The topological polar surface area (TPSA) is 81.4 Å². The molecule has 1 amide bonds. The lowest BCUT2D eigenvalue weighted by Gasteiger charge is -2.21. The summed E-state index contributed by atoms with van der Waals surface area (Å²) in [5.74, 6) is -1.10. The Bertz CT molecular complexity index is 516. The molecule has 2 rings (SSSR count). The van der Waals surface area contributed by atoms with E-state index in [4.69, 9.17) is 10.4 Å². The van der Waals surface area contributed by atoms with Crippen LogP contribution < -0.4 is 0 Å². The van der Waals surface area contributed by atoms with Gasteiger partial charge in [-0.2, -0.15) is 5.26 Å². The first-order valence-corrected chi connectivity index (χ1v) is 5.63. The molecule has 5 heteroatoms. The van der Waals surface area contributed by atoms with Crippen molar-refractivity contribution in [1.29, 1.82) is 5.26 Å². The molecule has 0 unspecified atom stereocenters. The summed E-state index contributed by atoms with van der Waals surface area (Å²) in [6, 6.07) is 8.08. The fourth-order valence-corrected chi connectivity index (χ4v) is 2.07. The Balaban J connectivity index is 2.14. The monoisotopic (exact) mass is 244 g/mol. The summed E-state index contributed by atoms with van der Waals surface area (Å²) >= 11 is 0. The van der Waals surface area contributed by atoms with Gasteiger partial charge in [0, 0.05) is 13.0 Å². The van der Waals surface area contributed by atoms with E-state index in [9.17, 15) is 9.59 Å². The van der Waals surface area contributed by atoms with E-state index >= 15 is 0 Å². The first-order valence-electron chi connectivity index (χ1n) is 5.63. The molecule has 1 aliphatic heterocycles. The fourth-order valence-electron chi connectivity index (χ4n) is 2.07. The van der Waals surface area contributed by atoms with Gasteiger partial charge in [-0.05, 0) is 24.1 Å². The van der Waals surface area contributed by atoms with Crippen molar-refractivity contribution in [2.45, 2.75) is 25.4 Å². The number of carboxylic acid groups (broad SMARTS) is 1. The van der Waals surface area contributed by atoms with Crippen LogP contribution in [0.15, 0.2) is 24.3 Å². The number of hydrogen-bond donors (Lipinski definition) is 1. The van der Waals surface area contributed by atoms with E-state index in [0.717, 1.165) is 5.56 Å². The largest absolute Gasteiger partial charge is 0.480 e. The third-order valence-corrected chi connectivity index (χ3v) is 3.05. The average Bonchev–Trinajstić information content (AvgIpc) is 2.72. The number of amides is 1. The van der Waals surface area contributed by atoms with Gasteiger partial charge in [0.25, 0.3) is 0 Å². The average molecular weight is 244 g/mol. The quantitative estimate of drug-likeness (QED) is 0.864. The van der Waals surface area contributed by atoms with Crippen LogP contribution in [0.5, 0.6) is 0 Å².